The fourth-order valence-electron chi connectivity index (χ4n) is 2.26. The lowest BCUT2D eigenvalue weighted by molar-refractivity contribution is -0.128. The van der Waals surface area contributed by atoms with Crippen molar-refractivity contribution in [2.75, 3.05) is 38.3 Å². The fraction of sp³-hybridized carbons (Fsp3) is 0.357. The lowest BCUT2D eigenvalue weighted by Crippen LogP contribution is -2.52. The monoisotopic (exact) mass is 321 g/mol. The van der Waals surface area contributed by atoms with Crippen molar-refractivity contribution < 1.29 is 18.7 Å². The third-order valence-electron chi connectivity index (χ3n) is 3.53. The molecular formula is C14H15N3O4S. The molecule has 0 aliphatic carbocycles. The molecule has 0 aromatic carbocycles. The van der Waals surface area contributed by atoms with Gasteiger partial charge in [0.15, 0.2) is 11.0 Å². The minimum atomic E-state index is -0.516. The second-order valence-corrected chi connectivity index (χ2v) is 5.34. The van der Waals surface area contributed by atoms with E-state index >= 15 is 0 Å². The summed E-state index contributed by atoms with van der Waals surface area (Å²) in [5.41, 5.74) is -0.000947. The van der Waals surface area contributed by atoms with Crippen molar-refractivity contribution in [3.63, 3.8) is 0 Å². The quantitative estimate of drug-likeness (QED) is 0.482. The maximum absolute atomic E-state index is 12.1. The molecule has 8 heteroatoms. The van der Waals surface area contributed by atoms with E-state index in [4.69, 9.17) is 21.4 Å². The van der Waals surface area contributed by atoms with Crippen molar-refractivity contribution in [1.29, 1.82) is 0 Å². The summed E-state index contributed by atoms with van der Waals surface area (Å²) >= 11 is 4.89. The molecule has 1 aromatic rings. The van der Waals surface area contributed by atoms with Crippen molar-refractivity contribution in [3.8, 4) is 0 Å². The van der Waals surface area contributed by atoms with Crippen LogP contribution in [0.2, 0.25) is 0 Å². The number of nitrogens with one attached hydrogen (secondary N) is 1. The van der Waals surface area contributed by atoms with Gasteiger partial charge in [0.1, 0.15) is 11.3 Å². The van der Waals surface area contributed by atoms with E-state index in [1.807, 2.05) is 6.07 Å². The molecule has 22 heavy (non-hydrogen) atoms. The number of thiocarbonyl (C=S) groups is 1. The van der Waals surface area contributed by atoms with E-state index in [9.17, 15) is 9.59 Å². The zero-order valence-corrected chi connectivity index (χ0v) is 12.8. The van der Waals surface area contributed by atoms with Gasteiger partial charge in [0, 0.05) is 26.2 Å². The Balaban J connectivity index is 1.82. The molecule has 1 N–H and O–H groups in total. The predicted octanol–water partition coefficient (Wildman–Crippen LogP) is 0.373. The zero-order chi connectivity index (χ0) is 15.7. The number of hydrogen-bond acceptors (Lipinski definition) is 6. The number of amides is 2. The van der Waals surface area contributed by atoms with Crippen molar-refractivity contribution in [2.24, 2.45) is 0 Å². The van der Waals surface area contributed by atoms with Crippen LogP contribution < -0.4 is 10.2 Å². The molecule has 0 bridgehead atoms. The Hall–Kier alpha value is -2.19. The second kappa shape index (κ2) is 5.90. The summed E-state index contributed by atoms with van der Waals surface area (Å²) < 4.78 is 11.0. The molecule has 0 saturated carbocycles. The van der Waals surface area contributed by atoms with Crippen molar-refractivity contribution in [2.45, 2.75) is 0 Å². The van der Waals surface area contributed by atoms with Gasteiger partial charge in [0.25, 0.3) is 11.8 Å². The Morgan fingerprint density at radius 2 is 2.00 bits per heavy atom. The summed E-state index contributed by atoms with van der Waals surface area (Å²) in [6.45, 7) is 2.81. The maximum Gasteiger partial charge on any atom is 0.265 e. The number of likely N-dealkylation sites (N-methyl/N-ethyl adjacent to an activating group) is 1. The van der Waals surface area contributed by atoms with Gasteiger partial charge in [0.05, 0.1) is 13.2 Å². The van der Waals surface area contributed by atoms with Gasteiger partial charge >= 0.3 is 0 Å². The second-order valence-electron chi connectivity index (χ2n) is 4.96. The number of carbonyl (C=O) groups is 2. The van der Waals surface area contributed by atoms with Gasteiger partial charge in [-0.15, -0.1) is 0 Å². The van der Waals surface area contributed by atoms with Gasteiger partial charge in [-0.25, -0.2) is 0 Å². The van der Waals surface area contributed by atoms with Crippen LogP contribution in [0.3, 0.4) is 0 Å². The molecule has 0 radical (unpaired) electrons. The highest BCUT2D eigenvalue weighted by Gasteiger charge is 2.31. The third kappa shape index (κ3) is 2.75. The predicted molar refractivity (Wildman–Crippen MR) is 83.2 cm³/mol. The first-order valence-corrected chi connectivity index (χ1v) is 7.24. The van der Waals surface area contributed by atoms with Gasteiger partial charge in [0.2, 0.25) is 0 Å². The highest BCUT2D eigenvalue weighted by atomic mass is 32.1. The zero-order valence-electron chi connectivity index (χ0n) is 12.0. The first-order valence-electron chi connectivity index (χ1n) is 6.84. The van der Waals surface area contributed by atoms with Crippen molar-refractivity contribution in [3.05, 3.63) is 23.5 Å². The minimum Gasteiger partial charge on any atom is -0.441 e. The number of rotatable bonds is 2. The van der Waals surface area contributed by atoms with Crippen LogP contribution in [0.1, 0.15) is 5.76 Å². The van der Waals surface area contributed by atoms with Crippen LogP contribution in [-0.4, -0.2) is 55.2 Å². The number of furan rings is 1. The topological polar surface area (TPSA) is 75.0 Å². The van der Waals surface area contributed by atoms with Crippen molar-refractivity contribution in [1.82, 2.24) is 10.2 Å². The first kappa shape index (κ1) is 14.7. The SMILES string of the molecule is CN1C(=O)/C(=C/c2ccc(N3CCOCC3)o2)C(=O)NC1=S. The van der Waals surface area contributed by atoms with E-state index in [0.717, 1.165) is 13.1 Å². The Labute approximate surface area is 132 Å². The highest BCUT2D eigenvalue weighted by Crippen LogP contribution is 2.22. The summed E-state index contributed by atoms with van der Waals surface area (Å²) in [6.07, 6.45) is 1.43. The van der Waals surface area contributed by atoms with Gasteiger partial charge in [-0.1, -0.05) is 0 Å². The molecule has 0 spiro atoms. The molecule has 0 unspecified atom stereocenters. The highest BCUT2D eigenvalue weighted by molar-refractivity contribution is 7.80. The Bertz CT molecular complexity index is 661. The Morgan fingerprint density at radius 3 is 2.73 bits per heavy atom. The average molecular weight is 321 g/mol. The largest absolute Gasteiger partial charge is 0.441 e. The van der Waals surface area contributed by atoms with Crippen LogP contribution in [0.4, 0.5) is 5.88 Å². The number of ether oxygens (including phenoxy) is 1. The number of hydrogen-bond donors (Lipinski definition) is 1. The van der Waals surface area contributed by atoms with E-state index in [2.05, 4.69) is 10.2 Å². The van der Waals surface area contributed by atoms with Crippen LogP contribution >= 0.6 is 12.2 Å². The molecule has 2 aliphatic heterocycles. The molecule has 1 aromatic heterocycles. The fourth-order valence-corrected chi connectivity index (χ4v) is 2.44. The van der Waals surface area contributed by atoms with Gasteiger partial charge in [-0.05, 0) is 24.4 Å². The van der Waals surface area contributed by atoms with Crippen molar-refractivity contribution >= 4 is 41.1 Å². The molecule has 3 heterocycles. The molecule has 2 saturated heterocycles. The number of carbonyl (C=O) groups excluding carboxylic acids is 2. The van der Waals surface area contributed by atoms with Crippen LogP contribution in [0, 0.1) is 0 Å². The average Bonchev–Trinajstić information content (AvgIpc) is 2.99. The normalized spacial score (nSPS) is 21.5. The van der Waals surface area contributed by atoms with Crippen LogP contribution in [0.25, 0.3) is 6.08 Å². The van der Waals surface area contributed by atoms with Crippen LogP contribution in [0.5, 0.6) is 0 Å². The summed E-state index contributed by atoms with van der Waals surface area (Å²) in [6, 6.07) is 3.54. The minimum absolute atomic E-state index is 0.000947. The van der Waals surface area contributed by atoms with Gasteiger partial charge in [-0.3, -0.25) is 19.8 Å². The molecular weight excluding hydrogens is 306 g/mol. The van der Waals surface area contributed by atoms with E-state index in [0.29, 0.717) is 24.9 Å². The van der Waals surface area contributed by atoms with E-state index in [1.54, 1.807) is 6.07 Å². The Morgan fingerprint density at radius 1 is 1.27 bits per heavy atom. The number of nitrogens with zero attached hydrogens (tertiary/aromatic N) is 2. The van der Waals surface area contributed by atoms with Gasteiger partial charge < -0.3 is 14.1 Å². The summed E-state index contributed by atoms with van der Waals surface area (Å²) in [4.78, 5) is 27.3. The lowest BCUT2D eigenvalue weighted by Gasteiger charge is -2.26. The third-order valence-corrected chi connectivity index (χ3v) is 3.90. The van der Waals surface area contributed by atoms with Gasteiger partial charge in [-0.2, -0.15) is 0 Å². The molecule has 2 aliphatic rings. The van der Waals surface area contributed by atoms with Crippen LogP contribution in [0.15, 0.2) is 22.1 Å². The summed E-state index contributed by atoms with van der Waals surface area (Å²) in [5.74, 6) is 0.180. The summed E-state index contributed by atoms with van der Waals surface area (Å²) in [7, 11) is 1.51. The molecule has 2 fully saturated rings. The lowest BCUT2D eigenvalue weighted by atomic mass is 10.1. The molecule has 0 atom stereocenters. The molecule has 116 valence electrons. The maximum atomic E-state index is 12.1. The van der Waals surface area contributed by atoms with E-state index < -0.39 is 11.8 Å². The molecule has 7 nitrogen and oxygen atoms in total. The Kier molecular flexibility index (Phi) is 3.95. The first-order chi connectivity index (χ1) is 10.6. The number of anilines is 1. The molecule has 2 amide bonds. The standard InChI is InChI=1S/C14H15N3O4S/c1-16-13(19)10(12(18)15-14(16)22)8-9-2-3-11(21-9)17-4-6-20-7-5-17/h2-3,8H,4-7H2,1H3,(H,15,18,22)/b10-8+. The number of morpholine rings is 1. The summed E-state index contributed by atoms with van der Waals surface area (Å²) in [5, 5.41) is 2.56. The molecule has 3 rings (SSSR count). The van der Waals surface area contributed by atoms with Crippen LogP contribution in [-0.2, 0) is 14.3 Å². The van der Waals surface area contributed by atoms with E-state index in [1.165, 1.54) is 18.0 Å². The smallest absolute Gasteiger partial charge is 0.265 e. The van der Waals surface area contributed by atoms with E-state index in [-0.39, 0.29) is 10.7 Å².